The zero-order valence-electron chi connectivity index (χ0n) is 12.4. The SMILES string of the molecule is Cc1cccc(NC(=O)Cc2c(C(=O)[O-])[nH]c3ccccc23)n1. The molecule has 2 heterocycles. The predicted octanol–water partition coefficient (Wildman–Crippen LogP) is 1.42. The summed E-state index contributed by atoms with van der Waals surface area (Å²) in [6, 6.07) is 12.4. The molecule has 0 unspecified atom stereocenters. The summed E-state index contributed by atoms with van der Waals surface area (Å²) in [4.78, 5) is 30.5. The van der Waals surface area contributed by atoms with Crippen LogP contribution in [0.3, 0.4) is 0 Å². The number of carboxylic acids is 1. The van der Waals surface area contributed by atoms with E-state index in [1.54, 1.807) is 36.4 Å². The highest BCUT2D eigenvalue weighted by Gasteiger charge is 2.15. The fourth-order valence-electron chi connectivity index (χ4n) is 2.52. The Kier molecular flexibility index (Phi) is 3.80. The number of amides is 1. The van der Waals surface area contributed by atoms with Gasteiger partial charge in [0.25, 0.3) is 0 Å². The van der Waals surface area contributed by atoms with Gasteiger partial charge in [-0.05, 0) is 30.7 Å². The summed E-state index contributed by atoms with van der Waals surface area (Å²) < 4.78 is 0. The first-order chi connectivity index (χ1) is 11.0. The number of rotatable bonds is 4. The van der Waals surface area contributed by atoms with Crippen molar-refractivity contribution < 1.29 is 14.7 Å². The van der Waals surface area contributed by atoms with Crippen molar-refractivity contribution in [2.24, 2.45) is 0 Å². The number of nitrogens with zero attached hydrogens (tertiary/aromatic N) is 1. The zero-order valence-corrected chi connectivity index (χ0v) is 12.4. The van der Waals surface area contributed by atoms with Crippen LogP contribution in [0.5, 0.6) is 0 Å². The Hall–Kier alpha value is -3.15. The fraction of sp³-hybridized carbons (Fsp3) is 0.118. The number of anilines is 1. The van der Waals surface area contributed by atoms with Crippen molar-refractivity contribution in [3.05, 3.63) is 59.4 Å². The van der Waals surface area contributed by atoms with E-state index in [-0.39, 0.29) is 18.0 Å². The van der Waals surface area contributed by atoms with Crippen LogP contribution >= 0.6 is 0 Å². The van der Waals surface area contributed by atoms with Gasteiger partial charge in [-0.1, -0.05) is 24.3 Å². The number of benzene rings is 1. The maximum atomic E-state index is 12.2. The number of pyridine rings is 1. The van der Waals surface area contributed by atoms with E-state index < -0.39 is 5.97 Å². The smallest absolute Gasteiger partial charge is 0.230 e. The molecule has 1 aromatic carbocycles. The number of carboxylic acid groups (broad SMARTS) is 1. The number of carbonyl (C=O) groups excluding carboxylic acids is 2. The normalized spacial score (nSPS) is 10.7. The third kappa shape index (κ3) is 3.06. The lowest BCUT2D eigenvalue weighted by molar-refractivity contribution is -0.255. The molecule has 0 saturated heterocycles. The van der Waals surface area contributed by atoms with Gasteiger partial charge in [-0.25, -0.2) is 4.98 Å². The summed E-state index contributed by atoms with van der Waals surface area (Å²) >= 11 is 0. The molecule has 1 amide bonds. The van der Waals surface area contributed by atoms with E-state index in [9.17, 15) is 14.7 Å². The molecule has 0 saturated carbocycles. The number of carbonyl (C=O) groups is 2. The third-order valence-electron chi connectivity index (χ3n) is 3.51. The number of H-pyrrole nitrogens is 1. The molecule has 0 spiro atoms. The molecule has 116 valence electrons. The molecule has 2 aromatic heterocycles. The van der Waals surface area contributed by atoms with E-state index in [2.05, 4.69) is 15.3 Å². The molecule has 0 fully saturated rings. The van der Waals surface area contributed by atoms with Crippen LogP contribution in [0, 0.1) is 6.92 Å². The van der Waals surface area contributed by atoms with E-state index in [4.69, 9.17) is 0 Å². The maximum Gasteiger partial charge on any atom is 0.230 e. The summed E-state index contributed by atoms with van der Waals surface area (Å²) in [5.41, 5.74) is 1.78. The van der Waals surface area contributed by atoms with Gasteiger partial charge in [-0.3, -0.25) is 4.79 Å². The van der Waals surface area contributed by atoms with Crippen LogP contribution in [-0.2, 0) is 11.2 Å². The van der Waals surface area contributed by atoms with E-state index in [1.807, 2.05) is 13.0 Å². The molecule has 0 bridgehead atoms. The number of aromatic nitrogens is 2. The first-order valence-electron chi connectivity index (χ1n) is 7.09. The summed E-state index contributed by atoms with van der Waals surface area (Å²) in [6.45, 7) is 1.82. The Morgan fingerprint density at radius 3 is 2.70 bits per heavy atom. The average Bonchev–Trinajstić information content (AvgIpc) is 2.86. The number of nitrogens with one attached hydrogen (secondary N) is 2. The van der Waals surface area contributed by atoms with Gasteiger partial charge in [0.15, 0.2) is 0 Å². The lowest BCUT2D eigenvalue weighted by atomic mass is 10.1. The molecule has 0 atom stereocenters. The molecule has 0 aliphatic rings. The zero-order chi connectivity index (χ0) is 16.4. The second-order valence-electron chi connectivity index (χ2n) is 5.20. The summed E-state index contributed by atoms with van der Waals surface area (Å²) in [6.07, 6.45) is -0.0804. The van der Waals surface area contributed by atoms with Crippen LogP contribution in [0.2, 0.25) is 0 Å². The largest absolute Gasteiger partial charge is 0.543 e. The molecule has 6 heteroatoms. The predicted molar refractivity (Wildman–Crippen MR) is 83.9 cm³/mol. The number of aromatic carboxylic acids is 1. The molecular weight excluding hydrogens is 294 g/mol. The van der Waals surface area contributed by atoms with Crippen molar-refractivity contribution in [2.75, 3.05) is 5.32 Å². The average molecular weight is 308 g/mol. The van der Waals surface area contributed by atoms with Gasteiger partial charge in [-0.15, -0.1) is 0 Å². The number of para-hydroxylation sites is 1. The fourth-order valence-corrected chi connectivity index (χ4v) is 2.52. The molecule has 0 radical (unpaired) electrons. The van der Waals surface area contributed by atoms with Gasteiger partial charge in [0.2, 0.25) is 5.91 Å². The van der Waals surface area contributed by atoms with Crippen molar-refractivity contribution in [3.63, 3.8) is 0 Å². The Morgan fingerprint density at radius 2 is 1.96 bits per heavy atom. The van der Waals surface area contributed by atoms with Crippen LogP contribution in [0.1, 0.15) is 21.7 Å². The van der Waals surface area contributed by atoms with Crippen molar-refractivity contribution in [3.8, 4) is 0 Å². The minimum absolute atomic E-state index is 0.0708. The minimum Gasteiger partial charge on any atom is -0.543 e. The van der Waals surface area contributed by atoms with Crippen LogP contribution < -0.4 is 10.4 Å². The molecule has 0 aliphatic heterocycles. The van der Waals surface area contributed by atoms with Gasteiger partial charge >= 0.3 is 0 Å². The number of aromatic amines is 1. The van der Waals surface area contributed by atoms with Gasteiger partial charge in [-0.2, -0.15) is 0 Å². The molecule has 23 heavy (non-hydrogen) atoms. The van der Waals surface area contributed by atoms with E-state index in [0.29, 0.717) is 22.3 Å². The maximum absolute atomic E-state index is 12.2. The van der Waals surface area contributed by atoms with Crippen LogP contribution in [0.4, 0.5) is 5.82 Å². The van der Waals surface area contributed by atoms with Gasteiger partial charge in [0.1, 0.15) is 5.82 Å². The van der Waals surface area contributed by atoms with Gasteiger partial charge in [0.05, 0.1) is 18.1 Å². The highest BCUT2D eigenvalue weighted by Crippen LogP contribution is 2.23. The van der Waals surface area contributed by atoms with E-state index in [1.165, 1.54) is 0 Å². The van der Waals surface area contributed by atoms with Crippen LogP contribution in [0.15, 0.2) is 42.5 Å². The molecule has 6 nitrogen and oxygen atoms in total. The van der Waals surface area contributed by atoms with Crippen molar-refractivity contribution in [2.45, 2.75) is 13.3 Å². The second kappa shape index (κ2) is 5.92. The van der Waals surface area contributed by atoms with E-state index in [0.717, 1.165) is 5.69 Å². The standard InChI is InChI=1S/C17H15N3O3/c1-10-5-4-8-14(18-10)20-15(21)9-12-11-6-2-3-7-13(11)19-16(12)17(22)23/h2-8,19H,9H2,1H3,(H,22,23)(H,18,20,21)/p-1. The first kappa shape index (κ1) is 14.8. The van der Waals surface area contributed by atoms with Crippen molar-refractivity contribution >= 4 is 28.6 Å². The monoisotopic (exact) mass is 308 g/mol. The number of fused-ring (bicyclic) bond motifs is 1. The molecular formula is C17H14N3O3-. The van der Waals surface area contributed by atoms with Crippen molar-refractivity contribution in [1.29, 1.82) is 0 Å². The van der Waals surface area contributed by atoms with Crippen molar-refractivity contribution in [1.82, 2.24) is 9.97 Å². The quantitative estimate of drug-likeness (QED) is 0.761. The number of hydrogen-bond acceptors (Lipinski definition) is 4. The lowest BCUT2D eigenvalue weighted by Crippen LogP contribution is -2.25. The Balaban J connectivity index is 1.90. The Morgan fingerprint density at radius 1 is 1.17 bits per heavy atom. The Bertz CT molecular complexity index is 899. The Labute approximate surface area is 132 Å². The number of aryl methyl sites for hydroxylation is 1. The lowest BCUT2D eigenvalue weighted by Gasteiger charge is -2.07. The van der Waals surface area contributed by atoms with Gasteiger partial charge < -0.3 is 20.2 Å². The highest BCUT2D eigenvalue weighted by atomic mass is 16.4. The number of hydrogen-bond donors (Lipinski definition) is 2. The second-order valence-corrected chi connectivity index (χ2v) is 5.20. The first-order valence-corrected chi connectivity index (χ1v) is 7.09. The van der Waals surface area contributed by atoms with Crippen LogP contribution in [-0.4, -0.2) is 21.8 Å². The topological polar surface area (TPSA) is 97.9 Å². The molecule has 2 N–H and O–H groups in total. The molecule has 3 aromatic rings. The summed E-state index contributed by atoms with van der Waals surface area (Å²) in [7, 11) is 0. The highest BCUT2D eigenvalue weighted by molar-refractivity contribution is 6.01. The third-order valence-corrected chi connectivity index (χ3v) is 3.51. The van der Waals surface area contributed by atoms with E-state index >= 15 is 0 Å². The van der Waals surface area contributed by atoms with Crippen LogP contribution in [0.25, 0.3) is 10.9 Å². The minimum atomic E-state index is -1.34. The molecule has 3 rings (SSSR count). The molecule has 0 aliphatic carbocycles. The summed E-state index contributed by atoms with van der Waals surface area (Å²) in [5.74, 6) is -1.24. The summed E-state index contributed by atoms with van der Waals surface area (Å²) in [5, 5.41) is 14.7. The van der Waals surface area contributed by atoms with Gasteiger partial charge in [0, 0.05) is 16.6 Å².